The van der Waals surface area contributed by atoms with Gasteiger partial charge in [0.15, 0.2) is 0 Å². The van der Waals surface area contributed by atoms with Crippen molar-refractivity contribution in [1.29, 1.82) is 0 Å². The van der Waals surface area contributed by atoms with E-state index in [1.807, 2.05) is 84.6 Å². The van der Waals surface area contributed by atoms with Crippen molar-refractivity contribution in [2.24, 2.45) is 0 Å². The van der Waals surface area contributed by atoms with Crippen LogP contribution in [0.15, 0.2) is 72.8 Å². The van der Waals surface area contributed by atoms with Crippen molar-refractivity contribution in [2.45, 2.75) is 38.5 Å². The van der Waals surface area contributed by atoms with E-state index in [2.05, 4.69) is 12.2 Å². The van der Waals surface area contributed by atoms with E-state index in [0.29, 0.717) is 17.9 Å². The monoisotopic (exact) mass is 474 g/mol. The van der Waals surface area contributed by atoms with Crippen LogP contribution < -0.4 is 15.0 Å². The van der Waals surface area contributed by atoms with Crippen LogP contribution in [0.4, 0.5) is 11.4 Å². The number of aryl methyl sites for hydroxylation is 1. The summed E-state index contributed by atoms with van der Waals surface area (Å²) in [6.07, 6.45) is 3.34. The maximum absolute atomic E-state index is 12.7. The molecule has 0 saturated carbocycles. The highest BCUT2D eigenvalue weighted by atomic mass is 32.2. The molecule has 1 unspecified atom stereocenters. The van der Waals surface area contributed by atoms with Gasteiger partial charge in [-0.2, -0.15) is 0 Å². The minimum Gasteiger partial charge on any atom is -0.494 e. The summed E-state index contributed by atoms with van der Waals surface area (Å²) < 4.78 is 5.52. The Balaban J connectivity index is 1.43. The number of anilines is 2. The lowest BCUT2D eigenvalue weighted by Crippen LogP contribution is -2.27. The zero-order valence-corrected chi connectivity index (χ0v) is 20.4. The van der Waals surface area contributed by atoms with Gasteiger partial charge in [0, 0.05) is 16.9 Å². The minimum atomic E-state index is -0.128. The normalized spacial score (nSPS) is 15.4. The Kier molecular flexibility index (Phi) is 7.91. The van der Waals surface area contributed by atoms with Crippen LogP contribution in [0, 0.1) is 0 Å². The van der Waals surface area contributed by atoms with E-state index in [-0.39, 0.29) is 17.2 Å². The molecule has 0 radical (unpaired) electrons. The van der Waals surface area contributed by atoms with E-state index in [0.717, 1.165) is 42.0 Å². The fourth-order valence-electron chi connectivity index (χ4n) is 3.96. The largest absolute Gasteiger partial charge is 0.494 e. The summed E-state index contributed by atoms with van der Waals surface area (Å²) in [6.45, 7) is 4.72. The van der Waals surface area contributed by atoms with Crippen LogP contribution in [0.25, 0.3) is 0 Å². The number of hydrogen-bond donors (Lipinski definition) is 1. The second kappa shape index (κ2) is 11.3. The van der Waals surface area contributed by atoms with E-state index in [1.165, 1.54) is 5.56 Å². The molecule has 0 aliphatic carbocycles. The van der Waals surface area contributed by atoms with E-state index in [4.69, 9.17) is 4.74 Å². The first kappa shape index (κ1) is 23.9. The van der Waals surface area contributed by atoms with Gasteiger partial charge in [-0.1, -0.05) is 37.6 Å². The Labute approximate surface area is 205 Å². The molecule has 34 heavy (non-hydrogen) atoms. The maximum atomic E-state index is 12.7. The van der Waals surface area contributed by atoms with Crippen molar-refractivity contribution in [2.75, 3.05) is 22.6 Å². The first-order chi connectivity index (χ1) is 16.6. The van der Waals surface area contributed by atoms with Crippen molar-refractivity contribution in [3.05, 3.63) is 89.5 Å². The molecule has 0 aromatic heterocycles. The van der Waals surface area contributed by atoms with Gasteiger partial charge in [-0.3, -0.25) is 14.5 Å². The highest BCUT2D eigenvalue weighted by Gasteiger charge is 2.34. The molecular formula is C28H30N2O3S. The van der Waals surface area contributed by atoms with Gasteiger partial charge in [0.05, 0.1) is 12.4 Å². The smallest absolute Gasteiger partial charge is 0.255 e. The van der Waals surface area contributed by atoms with E-state index in [1.54, 1.807) is 11.8 Å². The van der Waals surface area contributed by atoms with Crippen LogP contribution in [0.5, 0.6) is 5.75 Å². The average molecular weight is 475 g/mol. The quantitative estimate of drug-likeness (QED) is 0.387. The lowest BCUT2D eigenvalue weighted by molar-refractivity contribution is -0.115. The van der Waals surface area contributed by atoms with Gasteiger partial charge in [-0.05, 0) is 79.4 Å². The molecular weight excluding hydrogens is 444 g/mol. The molecule has 3 aromatic carbocycles. The number of nitrogens with one attached hydrogen (secondary N) is 1. The maximum Gasteiger partial charge on any atom is 0.255 e. The summed E-state index contributed by atoms with van der Waals surface area (Å²) >= 11 is 1.60. The van der Waals surface area contributed by atoms with Crippen LogP contribution in [0.3, 0.4) is 0 Å². The lowest BCUT2D eigenvalue weighted by atomic mass is 10.1. The van der Waals surface area contributed by atoms with Crippen LogP contribution in [-0.4, -0.2) is 24.2 Å². The molecule has 4 rings (SSSR count). The number of amides is 2. The molecule has 1 fully saturated rings. The third-order valence-corrected chi connectivity index (χ3v) is 6.99. The fraction of sp³-hybridized carbons (Fsp3) is 0.286. The SMILES string of the molecule is CCCCc1ccc(C(=O)Nc2ccc(C3SCC(=O)N3c3ccc(OCC)cc3)cc2)cc1. The number of benzene rings is 3. The minimum absolute atomic E-state index is 0.0823. The van der Waals surface area contributed by atoms with Gasteiger partial charge in [-0.25, -0.2) is 0 Å². The van der Waals surface area contributed by atoms with Crippen LogP contribution in [0.2, 0.25) is 0 Å². The summed E-state index contributed by atoms with van der Waals surface area (Å²) in [6, 6.07) is 23.2. The standard InChI is InChI=1S/C28H30N2O3S/c1-3-5-6-20-7-9-21(10-8-20)27(32)29-23-13-11-22(12-14-23)28-30(26(31)19-34-28)24-15-17-25(18-16-24)33-4-2/h7-18,28H,3-6,19H2,1-2H3,(H,29,32). The third-order valence-electron chi connectivity index (χ3n) is 5.78. The zero-order valence-electron chi connectivity index (χ0n) is 19.6. The molecule has 1 heterocycles. The molecule has 5 nitrogen and oxygen atoms in total. The number of ether oxygens (including phenoxy) is 1. The van der Waals surface area contributed by atoms with E-state index < -0.39 is 0 Å². The Hall–Kier alpha value is -3.25. The number of carbonyl (C=O) groups excluding carboxylic acids is 2. The molecule has 0 bridgehead atoms. The molecule has 1 atom stereocenters. The topological polar surface area (TPSA) is 58.6 Å². The number of thioether (sulfide) groups is 1. The van der Waals surface area contributed by atoms with Crippen molar-refractivity contribution >= 4 is 35.0 Å². The Morgan fingerprint density at radius 3 is 2.35 bits per heavy atom. The summed E-state index contributed by atoms with van der Waals surface area (Å²) in [5.74, 6) is 1.18. The summed E-state index contributed by atoms with van der Waals surface area (Å²) in [4.78, 5) is 27.1. The van der Waals surface area contributed by atoms with Crippen molar-refractivity contribution in [3.8, 4) is 5.75 Å². The molecule has 1 aliphatic rings. The molecule has 6 heteroatoms. The van der Waals surface area contributed by atoms with Gasteiger partial charge in [0.2, 0.25) is 5.91 Å². The third kappa shape index (κ3) is 5.62. The Morgan fingerprint density at radius 2 is 1.71 bits per heavy atom. The highest BCUT2D eigenvalue weighted by Crippen LogP contribution is 2.42. The van der Waals surface area contributed by atoms with E-state index in [9.17, 15) is 9.59 Å². The second-order valence-electron chi connectivity index (χ2n) is 8.23. The predicted molar refractivity (Wildman–Crippen MR) is 140 cm³/mol. The van der Waals surface area contributed by atoms with Crippen LogP contribution in [-0.2, 0) is 11.2 Å². The summed E-state index contributed by atoms with van der Waals surface area (Å²) in [5.41, 5.74) is 4.49. The number of nitrogens with zero attached hydrogens (tertiary/aromatic N) is 1. The second-order valence-corrected chi connectivity index (χ2v) is 9.30. The van der Waals surface area contributed by atoms with Crippen molar-refractivity contribution in [3.63, 3.8) is 0 Å². The van der Waals surface area contributed by atoms with Gasteiger partial charge in [-0.15, -0.1) is 11.8 Å². The summed E-state index contributed by atoms with van der Waals surface area (Å²) in [5, 5.41) is 2.86. The molecule has 176 valence electrons. The molecule has 1 aliphatic heterocycles. The van der Waals surface area contributed by atoms with Gasteiger partial charge < -0.3 is 10.1 Å². The molecule has 1 N–H and O–H groups in total. The van der Waals surface area contributed by atoms with Crippen LogP contribution in [0.1, 0.15) is 53.5 Å². The van der Waals surface area contributed by atoms with Crippen LogP contribution >= 0.6 is 11.8 Å². The van der Waals surface area contributed by atoms with Crippen molar-refractivity contribution in [1.82, 2.24) is 0 Å². The predicted octanol–water partition coefficient (Wildman–Crippen LogP) is 6.46. The number of rotatable bonds is 9. The number of hydrogen-bond acceptors (Lipinski definition) is 4. The number of carbonyl (C=O) groups is 2. The first-order valence-corrected chi connectivity index (χ1v) is 12.8. The van der Waals surface area contributed by atoms with E-state index >= 15 is 0 Å². The average Bonchev–Trinajstić information content (AvgIpc) is 3.25. The van der Waals surface area contributed by atoms with Gasteiger partial charge in [0.25, 0.3) is 5.91 Å². The lowest BCUT2D eigenvalue weighted by Gasteiger charge is -2.24. The Bertz CT molecular complexity index is 1110. The number of unbranched alkanes of at least 4 members (excludes halogenated alkanes) is 1. The highest BCUT2D eigenvalue weighted by molar-refractivity contribution is 8.00. The molecule has 3 aromatic rings. The molecule has 0 spiro atoms. The van der Waals surface area contributed by atoms with Gasteiger partial charge >= 0.3 is 0 Å². The van der Waals surface area contributed by atoms with Crippen molar-refractivity contribution < 1.29 is 14.3 Å². The molecule has 2 amide bonds. The van der Waals surface area contributed by atoms with Gasteiger partial charge in [0.1, 0.15) is 11.1 Å². The summed E-state index contributed by atoms with van der Waals surface area (Å²) in [7, 11) is 0. The molecule has 1 saturated heterocycles. The fourth-order valence-corrected chi connectivity index (χ4v) is 5.13. The Morgan fingerprint density at radius 1 is 1.00 bits per heavy atom. The zero-order chi connectivity index (χ0) is 23.9. The first-order valence-electron chi connectivity index (χ1n) is 11.8.